The van der Waals surface area contributed by atoms with Gasteiger partial charge in [-0.2, -0.15) is 15.0 Å². The molecule has 1 fully saturated rings. The van der Waals surface area contributed by atoms with Crippen LogP contribution in [0.1, 0.15) is 12.2 Å². The van der Waals surface area contributed by atoms with Crippen molar-refractivity contribution in [3.63, 3.8) is 0 Å². The largest absolute Gasteiger partial charge is 0.378 e. The van der Waals surface area contributed by atoms with Crippen molar-refractivity contribution in [2.24, 2.45) is 0 Å². The Bertz CT molecular complexity index is 1290. The standard InChI is InChI=1S/C22H23F2N9O/c1-31(2)15-5-6-16-17(12-15)33(19(27-16)18(23)24)22-29-20(26-14-4-3-7-25-13-14)28-21(30-22)32-8-10-34-11-9-32/h3-7,12-13,18H,8-11H2,1-2H3,(H,26,28,29,30). The SMILES string of the molecule is CN(C)c1ccc2nc(C(F)F)n(-c3nc(Nc4cccnc4)nc(N4CCOCC4)n3)c2c1. The fourth-order valence-electron chi connectivity index (χ4n) is 3.70. The molecule has 1 aliphatic rings. The molecule has 0 saturated carbocycles. The van der Waals surface area contributed by atoms with Crippen LogP contribution in [0.3, 0.4) is 0 Å². The van der Waals surface area contributed by atoms with Crippen molar-refractivity contribution in [1.82, 2.24) is 29.5 Å². The van der Waals surface area contributed by atoms with E-state index >= 15 is 0 Å². The molecule has 0 bridgehead atoms. The number of rotatable bonds is 6. The molecule has 5 rings (SSSR count). The van der Waals surface area contributed by atoms with E-state index in [1.807, 2.05) is 36.0 Å². The summed E-state index contributed by atoms with van der Waals surface area (Å²) in [4.78, 5) is 25.7. The third-order valence-corrected chi connectivity index (χ3v) is 5.40. The number of hydrogen-bond donors (Lipinski definition) is 1. The van der Waals surface area contributed by atoms with Crippen molar-refractivity contribution < 1.29 is 13.5 Å². The minimum absolute atomic E-state index is 0.0524. The molecule has 34 heavy (non-hydrogen) atoms. The van der Waals surface area contributed by atoms with E-state index in [4.69, 9.17) is 4.74 Å². The van der Waals surface area contributed by atoms with E-state index in [1.54, 1.807) is 30.6 Å². The molecule has 10 nitrogen and oxygen atoms in total. The number of alkyl halides is 2. The molecule has 1 aromatic carbocycles. The lowest BCUT2D eigenvalue weighted by Crippen LogP contribution is -2.37. The van der Waals surface area contributed by atoms with Crippen LogP contribution in [0.5, 0.6) is 0 Å². The van der Waals surface area contributed by atoms with Gasteiger partial charge in [-0.3, -0.25) is 9.55 Å². The van der Waals surface area contributed by atoms with Gasteiger partial charge in [0.2, 0.25) is 17.8 Å². The van der Waals surface area contributed by atoms with E-state index in [0.717, 1.165) is 5.69 Å². The quantitative estimate of drug-likeness (QED) is 0.458. The molecule has 1 aliphatic heterocycles. The fourth-order valence-corrected chi connectivity index (χ4v) is 3.70. The molecule has 0 radical (unpaired) electrons. The van der Waals surface area contributed by atoms with Crippen molar-refractivity contribution in [2.75, 3.05) is 55.5 Å². The lowest BCUT2D eigenvalue weighted by atomic mass is 10.2. The predicted octanol–water partition coefficient (Wildman–Crippen LogP) is 3.19. The molecular formula is C22H23F2N9O. The van der Waals surface area contributed by atoms with Gasteiger partial charge in [0.15, 0.2) is 5.82 Å². The molecule has 3 aromatic heterocycles. The minimum atomic E-state index is -2.83. The first-order valence-corrected chi connectivity index (χ1v) is 10.7. The van der Waals surface area contributed by atoms with E-state index in [9.17, 15) is 8.78 Å². The molecule has 0 spiro atoms. The number of morpholine rings is 1. The normalized spacial score (nSPS) is 14.1. The Morgan fingerprint density at radius 1 is 1.03 bits per heavy atom. The summed E-state index contributed by atoms with van der Waals surface area (Å²) in [5, 5.41) is 3.10. The predicted molar refractivity (Wildman–Crippen MR) is 124 cm³/mol. The molecule has 12 heteroatoms. The number of aromatic nitrogens is 6. The van der Waals surface area contributed by atoms with E-state index in [0.29, 0.717) is 49.0 Å². The molecule has 1 N–H and O–H groups in total. The molecule has 0 atom stereocenters. The smallest absolute Gasteiger partial charge is 0.296 e. The zero-order chi connectivity index (χ0) is 23.7. The number of nitrogens with one attached hydrogen (secondary N) is 1. The maximum atomic E-state index is 14.1. The van der Waals surface area contributed by atoms with Crippen LogP contribution in [0, 0.1) is 0 Å². The Balaban J connectivity index is 1.69. The zero-order valence-electron chi connectivity index (χ0n) is 18.7. The molecular weight excluding hydrogens is 444 g/mol. The number of hydrogen-bond acceptors (Lipinski definition) is 9. The van der Waals surface area contributed by atoms with Crippen LogP contribution in [0.15, 0.2) is 42.7 Å². The molecule has 0 unspecified atom stereocenters. The third kappa shape index (κ3) is 4.31. The van der Waals surface area contributed by atoms with Crippen molar-refractivity contribution in [2.45, 2.75) is 6.43 Å². The average Bonchev–Trinajstić information content (AvgIpc) is 3.24. The molecule has 0 aliphatic carbocycles. The Labute approximate surface area is 194 Å². The third-order valence-electron chi connectivity index (χ3n) is 5.40. The van der Waals surface area contributed by atoms with Gasteiger partial charge in [-0.25, -0.2) is 13.8 Å². The average molecular weight is 467 g/mol. The van der Waals surface area contributed by atoms with Crippen LogP contribution < -0.4 is 15.1 Å². The van der Waals surface area contributed by atoms with Crippen molar-refractivity contribution in [3.05, 3.63) is 48.5 Å². The van der Waals surface area contributed by atoms with Gasteiger partial charge >= 0.3 is 0 Å². The van der Waals surface area contributed by atoms with Crippen molar-refractivity contribution in [1.29, 1.82) is 0 Å². The Kier molecular flexibility index (Phi) is 5.88. The fraction of sp³-hybridized carbons (Fsp3) is 0.318. The molecule has 0 amide bonds. The van der Waals surface area contributed by atoms with Crippen molar-refractivity contribution >= 4 is 34.3 Å². The first-order valence-electron chi connectivity index (χ1n) is 10.7. The topological polar surface area (TPSA) is 97.1 Å². The Morgan fingerprint density at radius 2 is 1.82 bits per heavy atom. The van der Waals surface area contributed by atoms with E-state index in [2.05, 4.69) is 30.2 Å². The van der Waals surface area contributed by atoms with Crippen molar-refractivity contribution in [3.8, 4) is 5.95 Å². The Hall–Kier alpha value is -3.93. The maximum absolute atomic E-state index is 14.1. The molecule has 4 heterocycles. The zero-order valence-corrected chi connectivity index (χ0v) is 18.7. The number of anilines is 4. The van der Waals surface area contributed by atoms with Gasteiger partial charge in [0.25, 0.3) is 6.43 Å². The Morgan fingerprint density at radius 3 is 2.53 bits per heavy atom. The summed E-state index contributed by atoms with van der Waals surface area (Å²) in [6.07, 6.45) is 0.449. The number of imidazole rings is 1. The van der Waals surface area contributed by atoms with Gasteiger partial charge in [-0.15, -0.1) is 0 Å². The number of nitrogens with zero attached hydrogens (tertiary/aromatic N) is 8. The monoisotopic (exact) mass is 467 g/mol. The first-order chi connectivity index (χ1) is 16.5. The van der Waals surface area contributed by atoms with Gasteiger partial charge < -0.3 is 19.9 Å². The minimum Gasteiger partial charge on any atom is -0.378 e. The van der Waals surface area contributed by atoms with E-state index in [1.165, 1.54) is 4.57 Å². The molecule has 1 saturated heterocycles. The van der Waals surface area contributed by atoms with Crippen LogP contribution in [0.25, 0.3) is 17.0 Å². The van der Waals surface area contributed by atoms with Gasteiger partial charge in [0.05, 0.1) is 36.1 Å². The summed E-state index contributed by atoms with van der Waals surface area (Å²) in [6, 6.07) is 8.92. The van der Waals surface area contributed by atoms with Crippen LogP contribution in [-0.4, -0.2) is 69.9 Å². The summed E-state index contributed by atoms with van der Waals surface area (Å²) in [5.74, 6) is 0.199. The summed E-state index contributed by atoms with van der Waals surface area (Å²) in [7, 11) is 3.76. The highest BCUT2D eigenvalue weighted by molar-refractivity contribution is 5.82. The van der Waals surface area contributed by atoms with Crippen LogP contribution >= 0.6 is 0 Å². The van der Waals surface area contributed by atoms with Gasteiger partial charge in [0.1, 0.15) is 0 Å². The van der Waals surface area contributed by atoms with Crippen LogP contribution in [-0.2, 0) is 4.74 Å². The number of benzene rings is 1. The number of ether oxygens (including phenoxy) is 1. The highest BCUT2D eigenvalue weighted by Crippen LogP contribution is 2.30. The van der Waals surface area contributed by atoms with Crippen LogP contribution in [0.4, 0.5) is 32.1 Å². The summed E-state index contributed by atoms with van der Waals surface area (Å²) < 4.78 is 34.9. The first kappa shape index (κ1) is 21.9. The van der Waals surface area contributed by atoms with E-state index < -0.39 is 12.2 Å². The summed E-state index contributed by atoms with van der Waals surface area (Å²) in [5.41, 5.74) is 2.40. The van der Waals surface area contributed by atoms with E-state index in [-0.39, 0.29) is 11.9 Å². The maximum Gasteiger partial charge on any atom is 0.296 e. The number of halogens is 2. The lowest BCUT2D eigenvalue weighted by molar-refractivity contribution is 0.122. The van der Waals surface area contributed by atoms with Gasteiger partial charge in [-0.1, -0.05) is 0 Å². The second-order valence-corrected chi connectivity index (χ2v) is 7.90. The second-order valence-electron chi connectivity index (χ2n) is 7.90. The second kappa shape index (κ2) is 9.14. The molecule has 176 valence electrons. The number of pyridine rings is 1. The summed E-state index contributed by atoms with van der Waals surface area (Å²) in [6.45, 7) is 2.20. The highest BCUT2D eigenvalue weighted by Gasteiger charge is 2.25. The number of fused-ring (bicyclic) bond motifs is 1. The summed E-state index contributed by atoms with van der Waals surface area (Å²) >= 11 is 0. The van der Waals surface area contributed by atoms with Gasteiger partial charge in [0, 0.05) is 39.1 Å². The molecule has 4 aromatic rings. The lowest BCUT2D eigenvalue weighted by Gasteiger charge is -2.27. The van der Waals surface area contributed by atoms with Gasteiger partial charge in [-0.05, 0) is 30.3 Å². The van der Waals surface area contributed by atoms with Crippen LogP contribution in [0.2, 0.25) is 0 Å². The highest BCUT2D eigenvalue weighted by atomic mass is 19.3.